The van der Waals surface area contributed by atoms with Crippen molar-refractivity contribution in [1.29, 1.82) is 0 Å². The summed E-state index contributed by atoms with van der Waals surface area (Å²) in [5.74, 6) is -0.876. The van der Waals surface area contributed by atoms with Gasteiger partial charge in [-0.3, -0.25) is 9.59 Å². The first-order valence-corrected chi connectivity index (χ1v) is 5.57. The summed E-state index contributed by atoms with van der Waals surface area (Å²) < 4.78 is 0.687. The van der Waals surface area contributed by atoms with Gasteiger partial charge in [0, 0.05) is 4.47 Å². The van der Waals surface area contributed by atoms with E-state index in [1.807, 2.05) is 13.0 Å². The first-order chi connectivity index (χ1) is 7.41. The molecule has 0 radical (unpaired) electrons. The summed E-state index contributed by atoms with van der Waals surface area (Å²) >= 11 is 3.28. The van der Waals surface area contributed by atoms with Crippen LogP contribution in [0.3, 0.4) is 0 Å². The molecule has 86 valence electrons. The standard InChI is InChI=1S/C11H13BrN2O2/c1-6-3-4-9(12)8(5-6)11(16)14-7(2)10(13)15/h3-5,7H,1-2H3,(H2,13,15)(H,14,16)/t7-/m0/s1. The van der Waals surface area contributed by atoms with Crippen LogP contribution in [0, 0.1) is 6.92 Å². The van der Waals surface area contributed by atoms with Gasteiger partial charge in [0.1, 0.15) is 6.04 Å². The number of benzene rings is 1. The molecule has 16 heavy (non-hydrogen) atoms. The van der Waals surface area contributed by atoms with Crippen LogP contribution in [0.1, 0.15) is 22.8 Å². The number of primary amides is 1. The molecule has 1 aromatic carbocycles. The van der Waals surface area contributed by atoms with Crippen molar-refractivity contribution in [3.63, 3.8) is 0 Å². The second kappa shape index (κ2) is 5.12. The Balaban J connectivity index is 2.88. The van der Waals surface area contributed by atoms with Gasteiger partial charge in [0.15, 0.2) is 0 Å². The zero-order valence-electron chi connectivity index (χ0n) is 9.08. The van der Waals surface area contributed by atoms with Crippen molar-refractivity contribution in [2.45, 2.75) is 19.9 Å². The molecule has 3 N–H and O–H groups in total. The SMILES string of the molecule is Cc1ccc(Br)c(C(=O)N[C@@H](C)C(N)=O)c1. The normalized spacial score (nSPS) is 11.9. The number of amides is 2. The Labute approximate surface area is 102 Å². The highest BCUT2D eigenvalue weighted by Crippen LogP contribution is 2.18. The maximum atomic E-state index is 11.8. The molecule has 1 atom stereocenters. The van der Waals surface area contributed by atoms with Gasteiger partial charge in [-0.05, 0) is 41.9 Å². The molecule has 5 heteroatoms. The Hall–Kier alpha value is -1.36. The minimum Gasteiger partial charge on any atom is -0.368 e. The van der Waals surface area contributed by atoms with E-state index in [0.29, 0.717) is 10.0 Å². The van der Waals surface area contributed by atoms with Gasteiger partial charge in [-0.1, -0.05) is 11.6 Å². The molecule has 4 nitrogen and oxygen atoms in total. The van der Waals surface area contributed by atoms with Gasteiger partial charge < -0.3 is 11.1 Å². The Bertz CT molecular complexity index is 432. The van der Waals surface area contributed by atoms with E-state index in [4.69, 9.17) is 5.73 Å². The maximum Gasteiger partial charge on any atom is 0.253 e. The molecule has 0 unspecified atom stereocenters. The summed E-state index contributed by atoms with van der Waals surface area (Å²) in [5.41, 5.74) is 6.53. The molecule has 1 rings (SSSR count). The van der Waals surface area contributed by atoms with Crippen molar-refractivity contribution in [2.75, 3.05) is 0 Å². The lowest BCUT2D eigenvalue weighted by atomic mass is 10.1. The van der Waals surface area contributed by atoms with Crippen molar-refractivity contribution in [3.05, 3.63) is 33.8 Å². The average Bonchev–Trinajstić information content (AvgIpc) is 2.21. The second-order valence-corrected chi connectivity index (χ2v) is 4.44. The summed E-state index contributed by atoms with van der Waals surface area (Å²) in [6, 6.07) is 4.74. The van der Waals surface area contributed by atoms with Crippen LogP contribution in [0.25, 0.3) is 0 Å². The quantitative estimate of drug-likeness (QED) is 0.880. The number of hydrogen-bond acceptors (Lipinski definition) is 2. The van der Waals surface area contributed by atoms with Crippen molar-refractivity contribution < 1.29 is 9.59 Å². The molecular weight excluding hydrogens is 272 g/mol. The number of hydrogen-bond donors (Lipinski definition) is 2. The van der Waals surface area contributed by atoms with Crippen LogP contribution < -0.4 is 11.1 Å². The van der Waals surface area contributed by atoms with Crippen LogP contribution in [-0.2, 0) is 4.79 Å². The maximum absolute atomic E-state index is 11.8. The zero-order valence-corrected chi connectivity index (χ0v) is 10.7. The first kappa shape index (κ1) is 12.7. The lowest BCUT2D eigenvalue weighted by Gasteiger charge is -2.11. The van der Waals surface area contributed by atoms with Crippen molar-refractivity contribution in [1.82, 2.24) is 5.32 Å². The Morgan fingerprint density at radius 2 is 2.06 bits per heavy atom. The van der Waals surface area contributed by atoms with Gasteiger partial charge in [-0.2, -0.15) is 0 Å². The van der Waals surface area contributed by atoms with Crippen molar-refractivity contribution in [3.8, 4) is 0 Å². The lowest BCUT2D eigenvalue weighted by Crippen LogP contribution is -2.42. The van der Waals surface area contributed by atoms with Crippen LogP contribution in [0.2, 0.25) is 0 Å². The molecule has 2 amide bonds. The summed E-state index contributed by atoms with van der Waals surface area (Å²) in [5, 5.41) is 2.52. The van der Waals surface area contributed by atoms with Gasteiger partial charge in [-0.25, -0.2) is 0 Å². The fourth-order valence-electron chi connectivity index (χ4n) is 1.16. The van der Waals surface area contributed by atoms with Crippen molar-refractivity contribution in [2.24, 2.45) is 5.73 Å². The first-order valence-electron chi connectivity index (χ1n) is 4.78. The predicted molar refractivity (Wildman–Crippen MR) is 65.0 cm³/mol. The van der Waals surface area contributed by atoms with Gasteiger partial charge in [-0.15, -0.1) is 0 Å². The van der Waals surface area contributed by atoms with E-state index in [2.05, 4.69) is 21.2 Å². The van der Waals surface area contributed by atoms with Crippen molar-refractivity contribution >= 4 is 27.7 Å². The second-order valence-electron chi connectivity index (χ2n) is 3.58. The van der Waals surface area contributed by atoms with Crippen LogP contribution in [0.15, 0.2) is 22.7 Å². The molecule has 0 spiro atoms. The molecule has 0 fully saturated rings. The largest absolute Gasteiger partial charge is 0.368 e. The van der Waals surface area contributed by atoms with Crippen LogP contribution in [-0.4, -0.2) is 17.9 Å². The zero-order chi connectivity index (χ0) is 12.3. The smallest absolute Gasteiger partial charge is 0.253 e. The number of aryl methyl sites for hydroxylation is 1. The van der Waals surface area contributed by atoms with E-state index in [9.17, 15) is 9.59 Å². The third kappa shape index (κ3) is 3.06. The number of carbonyl (C=O) groups excluding carboxylic acids is 2. The molecular formula is C11H13BrN2O2. The summed E-state index contributed by atoms with van der Waals surface area (Å²) in [4.78, 5) is 22.6. The molecule has 0 saturated heterocycles. The number of halogens is 1. The average molecular weight is 285 g/mol. The molecule has 0 heterocycles. The van der Waals surface area contributed by atoms with E-state index in [-0.39, 0.29) is 5.91 Å². The highest BCUT2D eigenvalue weighted by atomic mass is 79.9. The molecule has 0 aliphatic heterocycles. The van der Waals surface area contributed by atoms with E-state index in [1.54, 1.807) is 19.1 Å². The van der Waals surface area contributed by atoms with E-state index in [0.717, 1.165) is 5.56 Å². The fraction of sp³-hybridized carbons (Fsp3) is 0.273. The highest BCUT2D eigenvalue weighted by molar-refractivity contribution is 9.10. The third-order valence-corrected chi connectivity index (χ3v) is 2.83. The van der Waals surface area contributed by atoms with E-state index >= 15 is 0 Å². The number of nitrogens with two attached hydrogens (primary N) is 1. The predicted octanol–water partition coefficient (Wildman–Crippen LogP) is 1.36. The van der Waals surface area contributed by atoms with Crippen LogP contribution in [0.4, 0.5) is 0 Å². The van der Waals surface area contributed by atoms with E-state index in [1.165, 1.54) is 0 Å². The summed E-state index contributed by atoms with van der Waals surface area (Å²) in [7, 11) is 0. The molecule has 0 saturated carbocycles. The fourth-order valence-corrected chi connectivity index (χ4v) is 1.59. The number of rotatable bonds is 3. The number of nitrogens with one attached hydrogen (secondary N) is 1. The minimum atomic E-state index is -0.681. The summed E-state index contributed by atoms with van der Waals surface area (Å²) in [6.45, 7) is 3.44. The number of carbonyl (C=O) groups is 2. The van der Waals surface area contributed by atoms with Gasteiger partial charge in [0.25, 0.3) is 5.91 Å². The Morgan fingerprint density at radius 1 is 1.44 bits per heavy atom. The molecule has 0 bridgehead atoms. The molecule has 1 aromatic rings. The third-order valence-electron chi connectivity index (χ3n) is 2.14. The monoisotopic (exact) mass is 284 g/mol. The van der Waals surface area contributed by atoms with E-state index < -0.39 is 11.9 Å². The van der Waals surface area contributed by atoms with Crippen LogP contribution in [0.5, 0.6) is 0 Å². The van der Waals surface area contributed by atoms with Crippen LogP contribution >= 0.6 is 15.9 Å². The Kier molecular flexibility index (Phi) is 4.06. The molecule has 0 aliphatic rings. The minimum absolute atomic E-state index is 0.318. The van der Waals surface area contributed by atoms with Gasteiger partial charge in [0.2, 0.25) is 5.91 Å². The Morgan fingerprint density at radius 3 is 2.62 bits per heavy atom. The van der Waals surface area contributed by atoms with Gasteiger partial charge in [0.05, 0.1) is 5.56 Å². The lowest BCUT2D eigenvalue weighted by molar-refractivity contribution is -0.119. The molecule has 0 aromatic heterocycles. The molecule has 0 aliphatic carbocycles. The summed E-state index contributed by atoms with van der Waals surface area (Å²) in [6.07, 6.45) is 0. The van der Waals surface area contributed by atoms with Gasteiger partial charge >= 0.3 is 0 Å². The topological polar surface area (TPSA) is 72.2 Å². The highest BCUT2D eigenvalue weighted by Gasteiger charge is 2.15.